The van der Waals surface area contributed by atoms with Crippen molar-refractivity contribution in [2.24, 2.45) is 5.10 Å². The van der Waals surface area contributed by atoms with Gasteiger partial charge < -0.3 is 9.52 Å². The van der Waals surface area contributed by atoms with Gasteiger partial charge in [-0.2, -0.15) is 5.10 Å². The summed E-state index contributed by atoms with van der Waals surface area (Å²) in [4.78, 5) is 24.1. The molecule has 0 atom stereocenters. The number of carbonyl (C=O) groups excluding carboxylic acids is 1. The summed E-state index contributed by atoms with van der Waals surface area (Å²) < 4.78 is 5.72. The number of hydrogen-bond acceptors (Lipinski definition) is 4. The molecular weight excluding hydrogens is 404 g/mol. The van der Waals surface area contributed by atoms with E-state index in [1.54, 1.807) is 24.3 Å². The second-order valence-electron chi connectivity index (χ2n) is 7.08. The fourth-order valence-corrected chi connectivity index (χ4v) is 3.39. The highest BCUT2D eigenvalue weighted by atomic mass is 16.4. The van der Waals surface area contributed by atoms with Gasteiger partial charge in [0.05, 0.1) is 17.7 Å². The van der Waals surface area contributed by atoms with E-state index < -0.39 is 11.9 Å². The summed E-state index contributed by atoms with van der Waals surface area (Å²) in [5, 5.41) is 13.2. The Balaban J connectivity index is 1.49. The van der Waals surface area contributed by atoms with Gasteiger partial charge in [0.25, 0.3) is 5.91 Å². The average Bonchev–Trinajstić information content (AvgIpc) is 3.30. The SMILES string of the molecule is O=C(O)c1cccc(-c2ccc(/C=N\NC(=O)C(c3ccccc3)c3ccccc3)o2)c1. The van der Waals surface area contributed by atoms with Crippen LogP contribution in [0.1, 0.15) is 33.2 Å². The molecule has 3 aromatic carbocycles. The molecule has 2 N–H and O–H groups in total. The van der Waals surface area contributed by atoms with Crippen LogP contribution in [-0.4, -0.2) is 23.2 Å². The van der Waals surface area contributed by atoms with E-state index >= 15 is 0 Å². The Morgan fingerprint density at radius 3 is 2.12 bits per heavy atom. The molecule has 0 aliphatic heterocycles. The number of hydrazone groups is 1. The highest BCUT2D eigenvalue weighted by Gasteiger charge is 2.22. The van der Waals surface area contributed by atoms with Crippen LogP contribution in [0.5, 0.6) is 0 Å². The maximum absolute atomic E-state index is 13.0. The van der Waals surface area contributed by atoms with Crippen molar-refractivity contribution >= 4 is 18.1 Å². The van der Waals surface area contributed by atoms with Crippen molar-refractivity contribution in [3.63, 3.8) is 0 Å². The number of nitrogens with zero attached hydrogens (tertiary/aromatic N) is 1. The van der Waals surface area contributed by atoms with E-state index in [9.17, 15) is 9.59 Å². The molecule has 1 heterocycles. The van der Waals surface area contributed by atoms with E-state index in [-0.39, 0.29) is 11.5 Å². The lowest BCUT2D eigenvalue weighted by Gasteiger charge is -2.16. The molecule has 4 aromatic rings. The first-order valence-electron chi connectivity index (χ1n) is 9.98. The Morgan fingerprint density at radius 2 is 1.50 bits per heavy atom. The zero-order valence-electron chi connectivity index (χ0n) is 17.0. The Labute approximate surface area is 184 Å². The van der Waals surface area contributed by atoms with Gasteiger partial charge in [-0.3, -0.25) is 4.79 Å². The number of carboxylic acids is 1. The largest absolute Gasteiger partial charge is 0.478 e. The number of amides is 1. The molecule has 0 fully saturated rings. The number of nitrogens with one attached hydrogen (secondary N) is 1. The summed E-state index contributed by atoms with van der Waals surface area (Å²) in [5.74, 6) is -0.835. The van der Waals surface area contributed by atoms with Crippen molar-refractivity contribution in [2.45, 2.75) is 5.92 Å². The molecule has 1 aromatic heterocycles. The first-order chi connectivity index (χ1) is 15.6. The second kappa shape index (κ2) is 9.57. The Hall–Kier alpha value is -4.45. The van der Waals surface area contributed by atoms with Crippen molar-refractivity contribution in [1.82, 2.24) is 5.43 Å². The quantitative estimate of drug-likeness (QED) is 0.325. The molecule has 0 saturated carbocycles. The van der Waals surface area contributed by atoms with Crippen molar-refractivity contribution in [1.29, 1.82) is 0 Å². The summed E-state index contributed by atoms with van der Waals surface area (Å²) in [6.07, 6.45) is 1.41. The predicted octanol–water partition coefficient (Wildman–Crippen LogP) is 4.93. The third kappa shape index (κ3) is 4.82. The maximum Gasteiger partial charge on any atom is 0.335 e. The molecule has 158 valence electrons. The lowest BCUT2D eigenvalue weighted by molar-refractivity contribution is -0.121. The molecule has 0 spiro atoms. The number of aromatic carboxylic acids is 1. The molecule has 0 radical (unpaired) electrons. The van der Waals surface area contributed by atoms with Crippen LogP contribution in [-0.2, 0) is 4.79 Å². The van der Waals surface area contributed by atoms with Crippen LogP contribution in [0.3, 0.4) is 0 Å². The maximum atomic E-state index is 13.0. The Morgan fingerprint density at radius 1 is 0.844 bits per heavy atom. The van der Waals surface area contributed by atoms with Crippen molar-refractivity contribution in [2.75, 3.05) is 0 Å². The van der Waals surface area contributed by atoms with Crippen LogP contribution >= 0.6 is 0 Å². The highest BCUT2D eigenvalue weighted by molar-refractivity contribution is 5.90. The fraction of sp³-hybridized carbons (Fsp3) is 0.0385. The zero-order valence-corrected chi connectivity index (χ0v) is 17.0. The van der Waals surface area contributed by atoms with Crippen molar-refractivity contribution in [3.05, 3.63) is 120 Å². The molecule has 0 aliphatic rings. The number of carbonyl (C=O) groups is 2. The van der Waals surface area contributed by atoms with Crippen molar-refractivity contribution < 1.29 is 19.1 Å². The molecular formula is C26H20N2O4. The molecule has 1 amide bonds. The molecule has 0 saturated heterocycles. The normalized spacial score (nSPS) is 11.0. The topological polar surface area (TPSA) is 91.9 Å². The molecule has 6 heteroatoms. The summed E-state index contributed by atoms with van der Waals surface area (Å²) in [6.45, 7) is 0. The van der Waals surface area contributed by atoms with E-state index in [0.29, 0.717) is 17.1 Å². The minimum Gasteiger partial charge on any atom is -0.478 e. The third-order valence-electron chi connectivity index (χ3n) is 4.92. The molecule has 0 aliphatic carbocycles. The monoisotopic (exact) mass is 424 g/mol. The smallest absolute Gasteiger partial charge is 0.335 e. The minimum absolute atomic E-state index is 0.175. The first-order valence-corrected chi connectivity index (χ1v) is 9.98. The van der Waals surface area contributed by atoms with E-state index in [2.05, 4.69) is 10.5 Å². The molecule has 0 bridgehead atoms. The van der Waals surface area contributed by atoms with Crippen molar-refractivity contribution in [3.8, 4) is 11.3 Å². The molecule has 0 unspecified atom stereocenters. The van der Waals surface area contributed by atoms with E-state index in [1.165, 1.54) is 18.3 Å². The molecule has 4 rings (SSSR count). The van der Waals surface area contributed by atoms with Gasteiger partial charge in [-0.05, 0) is 35.4 Å². The second-order valence-corrected chi connectivity index (χ2v) is 7.08. The van der Waals surface area contributed by atoms with Crippen LogP contribution in [0.4, 0.5) is 0 Å². The van der Waals surface area contributed by atoms with Crippen LogP contribution in [0.2, 0.25) is 0 Å². The summed E-state index contributed by atoms with van der Waals surface area (Å²) >= 11 is 0. The summed E-state index contributed by atoms with van der Waals surface area (Å²) in [7, 11) is 0. The molecule has 6 nitrogen and oxygen atoms in total. The number of rotatable bonds is 7. The lowest BCUT2D eigenvalue weighted by atomic mass is 9.91. The molecule has 32 heavy (non-hydrogen) atoms. The summed E-state index contributed by atoms with van der Waals surface area (Å²) in [6, 6.07) is 28.9. The number of hydrogen-bond donors (Lipinski definition) is 2. The Kier molecular flexibility index (Phi) is 6.22. The third-order valence-corrected chi connectivity index (χ3v) is 4.92. The average molecular weight is 424 g/mol. The van der Waals surface area contributed by atoms with Gasteiger partial charge in [0.2, 0.25) is 0 Å². The van der Waals surface area contributed by atoms with E-state index in [1.807, 2.05) is 60.7 Å². The Bertz CT molecular complexity index is 1210. The van der Waals surface area contributed by atoms with Gasteiger partial charge in [-0.15, -0.1) is 0 Å². The standard InChI is InChI=1S/C26H20N2O4/c29-25(24(18-8-3-1-4-9-18)19-10-5-2-6-11-19)28-27-17-22-14-15-23(32-22)20-12-7-13-21(16-20)26(30)31/h1-17,24H,(H,28,29)(H,30,31)/b27-17-. The van der Waals surface area contributed by atoms with E-state index in [4.69, 9.17) is 9.52 Å². The number of furan rings is 1. The lowest BCUT2D eigenvalue weighted by Crippen LogP contribution is -2.26. The number of carboxylic acid groups (broad SMARTS) is 1. The van der Waals surface area contributed by atoms with Gasteiger partial charge in [-0.1, -0.05) is 72.8 Å². The fourth-order valence-electron chi connectivity index (χ4n) is 3.39. The summed E-state index contributed by atoms with van der Waals surface area (Å²) in [5.41, 5.74) is 5.14. The van der Waals surface area contributed by atoms with Crippen LogP contribution in [0, 0.1) is 0 Å². The highest BCUT2D eigenvalue weighted by Crippen LogP contribution is 2.25. The van der Waals surface area contributed by atoms with Crippen LogP contribution in [0.25, 0.3) is 11.3 Å². The van der Waals surface area contributed by atoms with Gasteiger partial charge in [0.1, 0.15) is 11.5 Å². The van der Waals surface area contributed by atoms with Gasteiger partial charge in [-0.25, -0.2) is 10.2 Å². The number of benzene rings is 3. The first kappa shape index (κ1) is 20.8. The predicted molar refractivity (Wildman–Crippen MR) is 122 cm³/mol. The van der Waals surface area contributed by atoms with Crippen LogP contribution in [0.15, 0.2) is 107 Å². The van der Waals surface area contributed by atoms with E-state index in [0.717, 1.165) is 11.1 Å². The van der Waals surface area contributed by atoms with Gasteiger partial charge in [0.15, 0.2) is 0 Å². The van der Waals surface area contributed by atoms with Gasteiger partial charge >= 0.3 is 5.97 Å². The minimum atomic E-state index is -1.01. The van der Waals surface area contributed by atoms with Gasteiger partial charge in [0, 0.05) is 5.56 Å². The van der Waals surface area contributed by atoms with Crippen LogP contribution < -0.4 is 5.43 Å². The zero-order chi connectivity index (χ0) is 22.3.